The van der Waals surface area contributed by atoms with Crippen LogP contribution in [-0.4, -0.2) is 30.0 Å². The molecule has 100 valence electrons. The van der Waals surface area contributed by atoms with Gasteiger partial charge in [-0.15, -0.1) is 0 Å². The van der Waals surface area contributed by atoms with Crippen LogP contribution in [0, 0.1) is 11.3 Å². The van der Waals surface area contributed by atoms with Crippen molar-refractivity contribution in [1.82, 2.24) is 4.90 Å². The summed E-state index contributed by atoms with van der Waals surface area (Å²) in [5.74, 6) is 0.669. The predicted molar refractivity (Wildman–Crippen MR) is 70.2 cm³/mol. The van der Waals surface area contributed by atoms with Crippen LogP contribution in [0.3, 0.4) is 0 Å². The van der Waals surface area contributed by atoms with Crippen molar-refractivity contribution in [2.45, 2.75) is 6.10 Å². The molecule has 5 heteroatoms. The lowest BCUT2D eigenvalue weighted by atomic mass is 10.1. The van der Waals surface area contributed by atoms with Crippen molar-refractivity contribution in [3.05, 3.63) is 54.0 Å². The topological polar surface area (TPSA) is 66.5 Å². The summed E-state index contributed by atoms with van der Waals surface area (Å²) in [5, 5.41) is 8.71. The molecule has 0 spiro atoms. The van der Waals surface area contributed by atoms with Gasteiger partial charge in [0, 0.05) is 0 Å². The van der Waals surface area contributed by atoms with Gasteiger partial charge in [0.1, 0.15) is 18.1 Å². The highest BCUT2D eigenvalue weighted by Gasteiger charge is 2.33. The average molecular weight is 268 g/mol. The molecule has 3 rings (SSSR count). The first kappa shape index (κ1) is 12.3. The Labute approximate surface area is 116 Å². The Balaban J connectivity index is 1.53. The Morgan fingerprint density at radius 1 is 1.30 bits per heavy atom. The second-order valence-electron chi connectivity index (χ2n) is 4.60. The second-order valence-corrected chi connectivity index (χ2v) is 4.60. The molecule has 2 aromatic rings. The third kappa shape index (κ3) is 2.36. The van der Waals surface area contributed by atoms with Crippen molar-refractivity contribution in [1.29, 1.82) is 5.26 Å². The lowest BCUT2D eigenvalue weighted by molar-refractivity contribution is 0.0177. The molecule has 0 N–H and O–H groups in total. The van der Waals surface area contributed by atoms with Gasteiger partial charge in [0.25, 0.3) is 5.91 Å². The van der Waals surface area contributed by atoms with Crippen LogP contribution in [0.5, 0.6) is 5.75 Å². The van der Waals surface area contributed by atoms with E-state index in [1.165, 1.54) is 12.5 Å². The van der Waals surface area contributed by atoms with Crippen LogP contribution in [0.4, 0.5) is 0 Å². The van der Waals surface area contributed by atoms with Gasteiger partial charge in [-0.1, -0.05) is 0 Å². The Hall–Kier alpha value is -2.74. The summed E-state index contributed by atoms with van der Waals surface area (Å²) in [6, 6.07) is 10.7. The van der Waals surface area contributed by atoms with E-state index in [4.69, 9.17) is 14.4 Å². The number of likely N-dealkylation sites (tertiary alicyclic amines) is 1. The molecular formula is C15H12N2O3. The summed E-state index contributed by atoms with van der Waals surface area (Å²) in [6.07, 6.45) is 2.92. The maximum atomic E-state index is 11.9. The molecule has 1 fully saturated rings. The molecule has 0 unspecified atom stereocenters. The zero-order valence-corrected chi connectivity index (χ0v) is 10.7. The molecule has 1 aliphatic heterocycles. The van der Waals surface area contributed by atoms with E-state index in [0.717, 1.165) is 0 Å². The summed E-state index contributed by atoms with van der Waals surface area (Å²) in [5.41, 5.74) is 1.16. The molecule has 5 nitrogen and oxygen atoms in total. The fourth-order valence-electron chi connectivity index (χ4n) is 2.05. The Kier molecular flexibility index (Phi) is 3.13. The van der Waals surface area contributed by atoms with Crippen LogP contribution >= 0.6 is 0 Å². The number of amides is 1. The van der Waals surface area contributed by atoms with Crippen molar-refractivity contribution in [3.8, 4) is 11.8 Å². The first-order chi connectivity index (χ1) is 9.76. The Morgan fingerprint density at radius 3 is 2.65 bits per heavy atom. The largest absolute Gasteiger partial charge is 0.487 e. The minimum absolute atomic E-state index is 0.00112. The highest BCUT2D eigenvalue weighted by Crippen LogP contribution is 2.20. The minimum atomic E-state index is -0.0431. The fraction of sp³-hybridized carbons (Fsp3) is 0.200. The molecule has 0 saturated carbocycles. The number of nitriles is 1. The first-order valence-corrected chi connectivity index (χ1v) is 6.24. The molecule has 20 heavy (non-hydrogen) atoms. The summed E-state index contributed by atoms with van der Waals surface area (Å²) in [4.78, 5) is 13.7. The molecule has 0 radical (unpaired) electrons. The highest BCUT2D eigenvalue weighted by molar-refractivity contribution is 5.94. The van der Waals surface area contributed by atoms with Gasteiger partial charge >= 0.3 is 0 Å². The number of nitrogens with zero attached hydrogens (tertiary/aromatic N) is 2. The molecule has 1 amide bonds. The maximum absolute atomic E-state index is 11.9. The van der Waals surface area contributed by atoms with Gasteiger partial charge in [0.15, 0.2) is 0 Å². The monoisotopic (exact) mass is 268 g/mol. The maximum Gasteiger partial charge on any atom is 0.257 e. The van der Waals surface area contributed by atoms with Gasteiger partial charge in [0.05, 0.1) is 36.5 Å². The highest BCUT2D eigenvalue weighted by atomic mass is 16.5. The zero-order chi connectivity index (χ0) is 13.9. The van der Waals surface area contributed by atoms with E-state index in [9.17, 15) is 4.79 Å². The minimum Gasteiger partial charge on any atom is -0.487 e. The van der Waals surface area contributed by atoms with Crippen molar-refractivity contribution in [2.75, 3.05) is 13.1 Å². The van der Waals surface area contributed by atoms with Gasteiger partial charge < -0.3 is 14.1 Å². The quantitative estimate of drug-likeness (QED) is 0.854. The smallest absolute Gasteiger partial charge is 0.257 e. The molecule has 1 aromatic carbocycles. The normalized spacial score (nSPS) is 14.4. The predicted octanol–water partition coefficient (Wildman–Crippen LogP) is 2.05. The van der Waals surface area contributed by atoms with Crippen molar-refractivity contribution >= 4 is 5.91 Å². The van der Waals surface area contributed by atoms with Gasteiger partial charge in [-0.2, -0.15) is 5.26 Å². The number of ether oxygens (including phenoxy) is 1. The van der Waals surface area contributed by atoms with Crippen LogP contribution in [-0.2, 0) is 0 Å². The van der Waals surface area contributed by atoms with Gasteiger partial charge in [-0.25, -0.2) is 0 Å². The van der Waals surface area contributed by atoms with Crippen LogP contribution < -0.4 is 4.74 Å². The standard InChI is InChI=1S/C15H12N2O3/c16-7-11-1-3-13(4-2-11)20-14-8-17(9-14)15(18)12-5-6-19-10-12/h1-6,10,14H,8-9H2. The van der Waals surface area contributed by atoms with Crippen LogP contribution in [0.1, 0.15) is 15.9 Å². The van der Waals surface area contributed by atoms with E-state index in [0.29, 0.717) is 30.0 Å². The molecule has 2 heterocycles. The number of carbonyl (C=O) groups is 1. The third-order valence-electron chi connectivity index (χ3n) is 3.19. The Morgan fingerprint density at radius 2 is 2.05 bits per heavy atom. The lowest BCUT2D eigenvalue weighted by Gasteiger charge is -2.38. The fourth-order valence-corrected chi connectivity index (χ4v) is 2.05. The van der Waals surface area contributed by atoms with E-state index in [-0.39, 0.29) is 12.0 Å². The summed E-state index contributed by atoms with van der Waals surface area (Å²) >= 11 is 0. The lowest BCUT2D eigenvalue weighted by Crippen LogP contribution is -2.56. The molecular weight excluding hydrogens is 256 g/mol. The van der Waals surface area contributed by atoms with Gasteiger partial charge in [-0.05, 0) is 30.3 Å². The molecule has 0 bridgehead atoms. The van der Waals surface area contributed by atoms with Crippen LogP contribution in [0.25, 0.3) is 0 Å². The average Bonchev–Trinajstić information content (AvgIpc) is 2.96. The van der Waals surface area contributed by atoms with E-state index in [1.54, 1.807) is 35.2 Å². The number of hydrogen-bond donors (Lipinski definition) is 0. The first-order valence-electron chi connectivity index (χ1n) is 6.24. The third-order valence-corrected chi connectivity index (χ3v) is 3.19. The van der Waals surface area contributed by atoms with E-state index in [2.05, 4.69) is 6.07 Å². The summed E-state index contributed by atoms with van der Waals surface area (Å²) in [6.45, 7) is 1.12. The van der Waals surface area contributed by atoms with E-state index in [1.807, 2.05) is 0 Å². The zero-order valence-electron chi connectivity index (χ0n) is 10.7. The van der Waals surface area contributed by atoms with E-state index < -0.39 is 0 Å². The summed E-state index contributed by atoms with van der Waals surface area (Å²) in [7, 11) is 0. The molecule has 0 atom stereocenters. The van der Waals surface area contributed by atoms with Gasteiger partial charge in [0.2, 0.25) is 0 Å². The number of furan rings is 1. The Bertz CT molecular complexity index is 635. The van der Waals surface area contributed by atoms with Crippen LogP contribution in [0.2, 0.25) is 0 Å². The number of benzene rings is 1. The van der Waals surface area contributed by atoms with Crippen LogP contribution in [0.15, 0.2) is 47.3 Å². The SMILES string of the molecule is N#Cc1ccc(OC2CN(C(=O)c3ccoc3)C2)cc1. The molecule has 0 aliphatic carbocycles. The van der Waals surface area contributed by atoms with E-state index >= 15 is 0 Å². The molecule has 1 saturated heterocycles. The molecule has 1 aromatic heterocycles. The molecule has 1 aliphatic rings. The number of hydrogen-bond acceptors (Lipinski definition) is 4. The number of rotatable bonds is 3. The van der Waals surface area contributed by atoms with Crippen molar-refractivity contribution in [2.24, 2.45) is 0 Å². The second kappa shape index (κ2) is 5.10. The van der Waals surface area contributed by atoms with Crippen molar-refractivity contribution in [3.63, 3.8) is 0 Å². The number of carbonyl (C=O) groups excluding carboxylic acids is 1. The van der Waals surface area contributed by atoms with Crippen molar-refractivity contribution < 1.29 is 13.9 Å². The van der Waals surface area contributed by atoms with Gasteiger partial charge in [-0.3, -0.25) is 4.79 Å². The summed E-state index contributed by atoms with van der Waals surface area (Å²) < 4.78 is 10.6.